The largest absolute Gasteiger partial charge is 0.391 e. The number of carbonyl (C=O) groups is 1. The van der Waals surface area contributed by atoms with Crippen LogP contribution in [-0.2, 0) is 4.79 Å². The zero-order chi connectivity index (χ0) is 15.9. The minimum atomic E-state index is -0.264. The molecule has 0 aromatic carbocycles. The van der Waals surface area contributed by atoms with E-state index in [1.54, 1.807) is 0 Å². The Kier molecular flexibility index (Phi) is 9.19. The van der Waals surface area contributed by atoms with Crippen LogP contribution in [0.25, 0.3) is 0 Å². The van der Waals surface area contributed by atoms with Gasteiger partial charge in [-0.15, -0.1) is 24.0 Å². The number of hydrogen-bond acceptors (Lipinski definition) is 3. The van der Waals surface area contributed by atoms with E-state index < -0.39 is 0 Å². The predicted molar refractivity (Wildman–Crippen MR) is 103 cm³/mol. The molecule has 0 bridgehead atoms. The van der Waals surface area contributed by atoms with Gasteiger partial charge in [0.15, 0.2) is 5.96 Å². The molecule has 2 heterocycles. The third kappa shape index (κ3) is 6.45. The quantitative estimate of drug-likeness (QED) is 0.395. The minimum Gasteiger partial charge on any atom is -0.391 e. The number of piperidine rings is 1. The van der Waals surface area contributed by atoms with E-state index in [1.165, 1.54) is 6.42 Å². The Labute approximate surface area is 156 Å². The van der Waals surface area contributed by atoms with Crippen molar-refractivity contribution >= 4 is 35.8 Å². The van der Waals surface area contributed by atoms with E-state index in [4.69, 9.17) is 0 Å². The summed E-state index contributed by atoms with van der Waals surface area (Å²) in [6, 6.07) is 0. The minimum absolute atomic E-state index is 0. The lowest BCUT2D eigenvalue weighted by Crippen LogP contribution is -2.41. The number of likely N-dealkylation sites (tertiary alicyclic amines) is 2. The molecule has 23 heavy (non-hydrogen) atoms. The number of aliphatic hydroxyl groups excluding tert-OH is 1. The summed E-state index contributed by atoms with van der Waals surface area (Å²) in [6.07, 6.45) is 3.33. The topological polar surface area (TPSA) is 68.2 Å². The fourth-order valence-electron chi connectivity index (χ4n) is 3.19. The SMILES string of the molecule is CCNC(=NCCC(=O)N1CCCC(C)C1)N1CC[C@@H](O)C1.I. The van der Waals surface area contributed by atoms with Gasteiger partial charge in [-0.2, -0.15) is 0 Å². The second kappa shape index (κ2) is 10.3. The third-order valence-electron chi connectivity index (χ3n) is 4.39. The second-order valence-corrected chi connectivity index (χ2v) is 6.46. The summed E-state index contributed by atoms with van der Waals surface area (Å²) in [4.78, 5) is 20.8. The highest BCUT2D eigenvalue weighted by Crippen LogP contribution is 2.16. The highest BCUT2D eigenvalue weighted by atomic mass is 127. The number of guanidine groups is 1. The molecule has 2 N–H and O–H groups in total. The van der Waals surface area contributed by atoms with Crippen molar-refractivity contribution in [2.45, 2.75) is 45.6 Å². The fraction of sp³-hybridized carbons (Fsp3) is 0.875. The number of aliphatic imine (C=N–C) groups is 1. The number of amides is 1. The van der Waals surface area contributed by atoms with Crippen LogP contribution in [0.2, 0.25) is 0 Å². The summed E-state index contributed by atoms with van der Waals surface area (Å²) in [5.41, 5.74) is 0. The van der Waals surface area contributed by atoms with E-state index in [1.807, 2.05) is 11.8 Å². The van der Waals surface area contributed by atoms with Crippen molar-refractivity contribution in [2.24, 2.45) is 10.9 Å². The number of rotatable bonds is 4. The van der Waals surface area contributed by atoms with Gasteiger partial charge in [-0.3, -0.25) is 9.79 Å². The first-order chi connectivity index (χ1) is 10.6. The zero-order valence-electron chi connectivity index (χ0n) is 14.3. The molecule has 0 aliphatic carbocycles. The maximum atomic E-state index is 12.2. The first kappa shape index (κ1) is 20.5. The van der Waals surface area contributed by atoms with Gasteiger partial charge in [-0.1, -0.05) is 6.92 Å². The van der Waals surface area contributed by atoms with Gasteiger partial charge in [0.25, 0.3) is 0 Å². The van der Waals surface area contributed by atoms with Crippen LogP contribution in [0, 0.1) is 5.92 Å². The molecule has 2 saturated heterocycles. The van der Waals surface area contributed by atoms with Crippen molar-refractivity contribution in [2.75, 3.05) is 39.3 Å². The third-order valence-corrected chi connectivity index (χ3v) is 4.39. The van der Waals surface area contributed by atoms with E-state index in [-0.39, 0.29) is 36.0 Å². The van der Waals surface area contributed by atoms with E-state index in [0.717, 1.165) is 45.0 Å². The van der Waals surface area contributed by atoms with Crippen molar-refractivity contribution < 1.29 is 9.90 Å². The number of hydrogen-bond donors (Lipinski definition) is 2. The lowest BCUT2D eigenvalue weighted by Gasteiger charge is -2.31. The Hall–Kier alpha value is -0.570. The van der Waals surface area contributed by atoms with Crippen LogP contribution in [-0.4, -0.2) is 72.1 Å². The molecule has 1 amide bonds. The van der Waals surface area contributed by atoms with Crippen molar-refractivity contribution in [3.8, 4) is 0 Å². The molecular formula is C16H31IN4O2. The van der Waals surface area contributed by atoms with E-state index in [0.29, 0.717) is 25.4 Å². The van der Waals surface area contributed by atoms with Crippen LogP contribution in [0.4, 0.5) is 0 Å². The smallest absolute Gasteiger partial charge is 0.224 e. The first-order valence-corrected chi connectivity index (χ1v) is 8.59. The highest BCUT2D eigenvalue weighted by molar-refractivity contribution is 14.0. The van der Waals surface area contributed by atoms with Crippen LogP contribution >= 0.6 is 24.0 Å². The van der Waals surface area contributed by atoms with Crippen LogP contribution in [0.15, 0.2) is 4.99 Å². The van der Waals surface area contributed by atoms with E-state index in [2.05, 4.69) is 22.1 Å². The van der Waals surface area contributed by atoms with Gasteiger partial charge in [0.2, 0.25) is 5.91 Å². The molecule has 0 aromatic rings. The molecule has 2 aliphatic rings. The molecule has 134 valence electrons. The lowest BCUT2D eigenvalue weighted by atomic mass is 10.00. The van der Waals surface area contributed by atoms with Crippen LogP contribution < -0.4 is 5.32 Å². The Balaban J connectivity index is 0.00000264. The molecule has 1 unspecified atom stereocenters. The number of aliphatic hydroxyl groups is 1. The standard InChI is InChI=1S/C16H30N4O2.HI/c1-3-17-16(20-10-7-14(21)12-20)18-8-6-15(22)19-9-4-5-13(2)11-19;/h13-14,21H,3-12H2,1-2H3,(H,17,18);1H/t13?,14-;/m1./s1. The normalized spacial score (nSPS) is 25.3. The molecule has 2 aliphatic heterocycles. The van der Waals surface area contributed by atoms with Gasteiger partial charge in [-0.05, 0) is 32.1 Å². The van der Waals surface area contributed by atoms with Crippen LogP contribution in [0.1, 0.15) is 39.5 Å². The van der Waals surface area contributed by atoms with Gasteiger partial charge >= 0.3 is 0 Å². The maximum Gasteiger partial charge on any atom is 0.224 e. The van der Waals surface area contributed by atoms with Crippen molar-refractivity contribution in [1.82, 2.24) is 15.1 Å². The lowest BCUT2D eigenvalue weighted by molar-refractivity contribution is -0.132. The molecule has 6 nitrogen and oxygen atoms in total. The molecule has 0 aromatic heterocycles. The Morgan fingerprint density at radius 2 is 2.04 bits per heavy atom. The molecule has 7 heteroatoms. The van der Waals surface area contributed by atoms with Crippen LogP contribution in [0.3, 0.4) is 0 Å². The number of nitrogens with zero attached hydrogens (tertiary/aromatic N) is 3. The van der Waals surface area contributed by atoms with Crippen molar-refractivity contribution in [3.05, 3.63) is 0 Å². The monoisotopic (exact) mass is 438 g/mol. The zero-order valence-corrected chi connectivity index (χ0v) is 16.7. The Bertz CT molecular complexity index is 406. The molecule has 0 radical (unpaired) electrons. The summed E-state index contributed by atoms with van der Waals surface area (Å²) in [7, 11) is 0. The average Bonchev–Trinajstić information content (AvgIpc) is 2.92. The maximum absolute atomic E-state index is 12.2. The van der Waals surface area contributed by atoms with Crippen molar-refractivity contribution in [3.63, 3.8) is 0 Å². The molecular weight excluding hydrogens is 407 g/mol. The highest BCUT2D eigenvalue weighted by Gasteiger charge is 2.23. The second-order valence-electron chi connectivity index (χ2n) is 6.46. The van der Waals surface area contributed by atoms with E-state index >= 15 is 0 Å². The number of β-amino-alcohol motifs (C(OH)–C–C–N with tert-alkyl or cyclic N) is 1. The van der Waals surface area contributed by atoms with Crippen LogP contribution in [0.5, 0.6) is 0 Å². The fourth-order valence-corrected chi connectivity index (χ4v) is 3.19. The first-order valence-electron chi connectivity index (χ1n) is 8.59. The van der Waals surface area contributed by atoms with Gasteiger partial charge in [0.05, 0.1) is 12.6 Å². The molecule has 0 saturated carbocycles. The Morgan fingerprint density at radius 3 is 2.65 bits per heavy atom. The molecule has 2 fully saturated rings. The molecule has 0 spiro atoms. The van der Waals surface area contributed by atoms with Gasteiger partial charge in [0, 0.05) is 39.1 Å². The number of halogens is 1. The summed E-state index contributed by atoms with van der Waals surface area (Å²) < 4.78 is 0. The molecule has 2 atom stereocenters. The summed E-state index contributed by atoms with van der Waals surface area (Å²) in [6.45, 7) is 8.78. The van der Waals surface area contributed by atoms with Gasteiger partial charge in [0.1, 0.15) is 0 Å². The average molecular weight is 438 g/mol. The summed E-state index contributed by atoms with van der Waals surface area (Å²) in [5, 5.41) is 12.9. The number of nitrogens with one attached hydrogen (secondary N) is 1. The summed E-state index contributed by atoms with van der Waals surface area (Å²) in [5.74, 6) is 1.65. The number of carbonyl (C=O) groups excluding carboxylic acids is 1. The predicted octanol–water partition coefficient (Wildman–Crippen LogP) is 1.29. The van der Waals surface area contributed by atoms with Crippen molar-refractivity contribution in [1.29, 1.82) is 0 Å². The van der Waals surface area contributed by atoms with Gasteiger partial charge in [-0.25, -0.2) is 0 Å². The van der Waals surface area contributed by atoms with E-state index in [9.17, 15) is 9.90 Å². The van der Waals surface area contributed by atoms with Gasteiger partial charge < -0.3 is 20.2 Å². The summed E-state index contributed by atoms with van der Waals surface area (Å²) >= 11 is 0. The Morgan fingerprint density at radius 1 is 1.26 bits per heavy atom. The molecule has 2 rings (SSSR count).